The van der Waals surface area contributed by atoms with E-state index in [2.05, 4.69) is 4.74 Å². The number of methoxy groups -OCH3 is 1. The molecular weight excluding hydrogens is 440 g/mol. The van der Waals surface area contributed by atoms with Crippen LogP contribution in [0.25, 0.3) is 0 Å². The molecule has 0 radical (unpaired) electrons. The van der Waals surface area contributed by atoms with Crippen molar-refractivity contribution >= 4 is 32.2 Å². The van der Waals surface area contributed by atoms with Crippen LogP contribution < -0.4 is 4.18 Å². The number of carbonyl (C=O) groups excluding carboxylic acids is 2. The van der Waals surface area contributed by atoms with Crippen molar-refractivity contribution in [2.75, 3.05) is 13.7 Å². The molecule has 162 valence electrons. The van der Waals surface area contributed by atoms with E-state index in [1.807, 2.05) is 0 Å². The molecule has 0 saturated heterocycles. The lowest BCUT2D eigenvalue weighted by atomic mass is 10.1. The highest BCUT2D eigenvalue weighted by Crippen LogP contribution is 2.23. The summed E-state index contributed by atoms with van der Waals surface area (Å²) in [5.74, 6) is -1.98. The van der Waals surface area contributed by atoms with Crippen LogP contribution in [0.15, 0.2) is 52.3 Å². The molecule has 0 unspecified atom stereocenters. The standard InChI is InChI=1S/C18H18O10S2/c1-3-8-27-18(20)13-9-12(17(19)26-2)10-16(11-13)30(24,25)28-14-4-6-15(7-5-14)29(21,22)23/h4-7,9-11H,3,8H2,1-2H3,(H,21,22,23). The van der Waals surface area contributed by atoms with Crippen LogP contribution in [0, 0.1) is 0 Å². The SMILES string of the molecule is CCCOC(=O)c1cc(C(=O)OC)cc(S(=O)(=O)Oc2ccc(S(=O)(=O)O)cc2)c1. The largest absolute Gasteiger partial charge is 0.465 e. The van der Waals surface area contributed by atoms with Gasteiger partial charge in [0.1, 0.15) is 10.6 Å². The Balaban J connectivity index is 2.43. The van der Waals surface area contributed by atoms with Crippen molar-refractivity contribution in [2.45, 2.75) is 23.1 Å². The highest BCUT2D eigenvalue weighted by molar-refractivity contribution is 7.87. The number of esters is 2. The summed E-state index contributed by atoms with van der Waals surface area (Å²) < 4.78 is 70.9. The Kier molecular flexibility index (Phi) is 7.18. The lowest BCUT2D eigenvalue weighted by Crippen LogP contribution is -2.14. The van der Waals surface area contributed by atoms with Crippen molar-refractivity contribution in [3.63, 3.8) is 0 Å². The minimum absolute atomic E-state index is 0.0972. The van der Waals surface area contributed by atoms with E-state index in [-0.39, 0.29) is 23.5 Å². The monoisotopic (exact) mass is 458 g/mol. The Morgan fingerprint density at radius 2 is 1.47 bits per heavy atom. The third-order valence-electron chi connectivity index (χ3n) is 3.62. The molecular formula is C18H18O10S2. The fraction of sp³-hybridized carbons (Fsp3) is 0.222. The Bertz CT molecular complexity index is 1150. The lowest BCUT2D eigenvalue weighted by Gasteiger charge is -2.11. The topological polar surface area (TPSA) is 150 Å². The molecule has 0 aliphatic carbocycles. The Hall–Kier alpha value is -2.96. The van der Waals surface area contributed by atoms with E-state index >= 15 is 0 Å². The Morgan fingerprint density at radius 3 is 1.97 bits per heavy atom. The van der Waals surface area contributed by atoms with Crippen LogP contribution in [-0.2, 0) is 29.7 Å². The van der Waals surface area contributed by atoms with Gasteiger partial charge in [0.25, 0.3) is 10.1 Å². The zero-order valence-electron chi connectivity index (χ0n) is 15.9. The van der Waals surface area contributed by atoms with Gasteiger partial charge in [0.2, 0.25) is 0 Å². The molecule has 0 amide bonds. The maximum atomic E-state index is 12.6. The quantitative estimate of drug-likeness (QED) is 0.353. The Morgan fingerprint density at radius 1 is 0.900 bits per heavy atom. The molecule has 0 aromatic heterocycles. The highest BCUT2D eigenvalue weighted by atomic mass is 32.2. The lowest BCUT2D eigenvalue weighted by molar-refractivity contribution is 0.0504. The van der Waals surface area contributed by atoms with E-state index in [9.17, 15) is 26.4 Å². The van der Waals surface area contributed by atoms with Crippen LogP contribution in [0.4, 0.5) is 0 Å². The van der Waals surface area contributed by atoms with Crippen molar-refractivity contribution in [3.8, 4) is 5.75 Å². The van der Waals surface area contributed by atoms with Crippen molar-refractivity contribution in [1.29, 1.82) is 0 Å². The minimum atomic E-state index is -4.53. The molecule has 0 bridgehead atoms. The second-order valence-electron chi connectivity index (χ2n) is 5.86. The minimum Gasteiger partial charge on any atom is -0.465 e. The number of carbonyl (C=O) groups is 2. The number of rotatable bonds is 8. The second-order valence-corrected chi connectivity index (χ2v) is 8.83. The second kappa shape index (κ2) is 9.24. The molecule has 2 rings (SSSR count). The van der Waals surface area contributed by atoms with E-state index in [1.54, 1.807) is 6.92 Å². The summed E-state index contributed by atoms with van der Waals surface area (Å²) in [5.41, 5.74) is -0.414. The van der Waals surface area contributed by atoms with Gasteiger partial charge in [-0.1, -0.05) is 6.92 Å². The average Bonchev–Trinajstić information content (AvgIpc) is 2.70. The highest BCUT2D eigenvalue weighted by Gasteiger charge is 2.23. The van der Waals surface area contributed by atoms with Crippen LogP contribution >= 0.6 is 0 Å². The van der Waals surface area contributed by atoms with Gasteiger partial charge in [-0.05, 0) is 48.9 Å². The van der Waals surface area contributed by atoms with Crippen LogP contribution in [0.3, 0.4) is 0 Å². The smallest absolute Gasteiger partial charge is 0.339 e. The summed E-state index contributed by atoms with van der Waals surface area (Å²) in [7, 11) is -7.90. The number of ether oxygens (including phenoxy) is 2. The van der Waals surface area contributed by atoms with Crippen LogP contribution in [0.1, 0.15) is 34.1 Å². The van der Waals surface area contributed by atoms with Crippen molar-refractivity contribution < 1.29 is 44.6 Å². The van der Waals surface area contributed by atoms with Gasteiger partial charge >= 0.3 is 22.1 Å². The molecule has 0 aliphatic rings. The third-order valence-corrected chi connectivity index (χ3v) is 5.71. The van der Waals surface area contributed by atoms with Crippen molar-refractivity contribution in [3.05, 3.63) is 53.6 Å². The zero-order chi connectivity index (χ0) is 22.5. The molecule has 2 aromatic rings. The van der Waals surface area contributed by atoms with Gasteiger partial charge in [0.05, 0.1) is 29.7 Å². The average molecular weight is 458 g/mol. The van der Waals surface area contributed by atoms with E-state index < -0.39 is 42.0 Å². The Labute approximate surface area is 173 Å². The van der Waals surface area contributed by atoms with Gasteiger partial charge in [0, 0.05) is 0 Å². The molecule has 0 atom stereocenters. The predicted octanol–water partition coefficient (Wildman–Crippen LogP) is 2.05. The molecule has 0 fully saturated rings. The number of benzene rings is 2. The first-order valence-electron chi connectivity index (χ1n) is 8.40. The maximum Gasteiger partial charge on any atom is 0.339 e. The first kappa shape index (κ1) is 23.3. The molecule has 0 aliphatic heterocycles. The van der Waals surface area contributed by atoms with Crippen LogP contribution in [-0.4, -0.2) is 47.0 Å². The van der Waals surface area contributed by atoms with Gasteiger partial charge in [0.15, 0.2) is 0 Å². The first-order valence-corrected chi connectivity index (χ1v) is 11.3. The molecule has 2 aromatic carbocycles. The van der Waals surface area contributed by atoms with Crippen molar-refractivity contribution in [2.24, 2.45) is 0 Å². The van der Waals surface area contributed by atoms with Gasteiger partial charge in [-0.3, -0.25) is 4.55 Å². The normalized spacial score (nSPS) is 11.6. The van der Waals surface area contributed by atoms with Crippen LogP contribution in [0.5, 0.6) is 5.75 Å². The molecule has 12 heteroatoms. The summed E-state index contributed by atoms with van der Waals surface area (Å²) in [5, 5.41) is 0. The van der Waals surface area contributed by atoms with Crippen LogP contribution in [0.2, 0.25) is 0 Å². The third kappa shape index (κ3) is 5.78. The summed E-state index contributed by atoms with van der Waals surface area (Å²) in [6.45, 7) is 1.87. The fourth-order valence-corrected chi connectivity index (χ4v) is 3.70. The van der Waals surface area contributed by atoms with Gasteiger partial charge in [-0.2, -0.15) is 16.8 Å². The van der Waals surface area contributed by atoms with E-state index in [1.165, 1.54) is 0 Å². The van der Waals surface area contributed by atoms with E-state index in [0.29, 0.717) is 6.42 Å². The van der Waals surface area contributed by atoms with Gasteiger partial charge in [-0.15, -0.1) is 0 Å². The molecule has 0 saturated carbocycles. The molecule has 30 heavy (non-hydrogen) atoms. The molecule has 0 spiro atoms. The zero-order valence-corrected chi connectivity index (χ0v) is 17.5. The van der Waals surface area contributed by atoms with E-state index in [4.69, 9.17) is 13.5 Å². The van der Waals surface area contributed by atoms with E-state index in [0.717, 1.165) is 49.6 Å². The van der Waals surface area contributed by atoms with Crippen molar-refractivity contribution in [1.82, 2.24) is 0 Å². The summed E-state index contributed by atoms with van der Waals surface area (Å²) >= 11 is 0. The number of hydrogen-bond acceptors (Lipinski definition) is 9. The summed E-state index contributed by atoms with van der Waals surface area (Å²) in [4.78, 5) is 23.0. The first-order chi connectivity index (χ1) is 14.0. The number of hydrogen-bond donors (Lipinski definition) is 1. The predicted molar refractivity (Wildman–Crippen MR) is 102 cm³/mol. The molecule has 1 N–H and O–H groups in total. The van der Waals surface area contributed by atoms with Gasteiger partial charge < -0.3 is 13.7 Å². The molecule has 10 nitrogen and oxygen atoms in total. The maximum absolute atomic E-state index is 12.6. The fourth-order valence-electron chi connectivity index (χ4n) is 2.22. The van der Waals surface area contributed by atoms with Gasteiger partial charge in [-0.25, -0.2) is 9.59 Å². The molecule has 0 heterocycles. The summed E-state index contributed by atoms with van der Waals surface area (Å²) in [6.07, 6.45) is 0.538. The summed E-state index contributed by atoms with van der Waals surface area (Å²) in [6, 6.07) is 6.99.